The fourth-order valence-electron chi connectivity index (χ4n) is 4.38. The molecule has 1 aliphatic carbocycles. The molecule has 3 rings (SSSR count). The van der Waals surface area contributed by atoms with Gasteiger partial charge in [0.15, 0.2) is 5.11 Å². The number of nitrogens with one attached hydrogen (secondary N) is 2. The second kappa shape index (κ2) is 10.4. The highest BCUT2D eigenvalue weighted by Gasteiger charge is 2.19. The Morgan fingerprint density at radius 2 is 1.87 bits per heavy atom. The van der Waals surface area contributed by atoms with Gasteiger partial charge in [-0.3, -0.25) is 4.79 Å². The van der Waals surface area contributed by atoms with Crippen LogP contribution in [0.3, 0.4) is 0 Å². The lowest BCUT2D eigenvalue weighted by atomic mass is 9.96. The van der Waals surface area contributed by atoms with Gasteiger partial charge in [0.2, 0.25) is 0 Å². The van der Waals surface area contributed by atoms with Crippen LogP contribution in [0, 0.1) is 13.8 Å². The molecule has 0 aliphatic heterocycles. The average Bonchev–Trinajstić information content (AvgIpc) is 2.68. The minimum atomic E-state index is -0.0226. The minimum Gasteiger partial charge on any atom is -0.360 e. The van der Waals surface area contributed by atoms with E-state index in [0.29, 0.717) is 12.6 Å². The molecule has 6 heteroatoms. The van der Waals surface area contributed by atoms with E-state index in [1.165, 1.54) is 37.7 Å². The molecular weight excluding hydrogens is 392 g/mol. The molecule has 0 saturated heterocycles. The molecule has 30 heavy (non-hydrogen) atoms. The Morgan fingerprint density at radius 1 is 1.13 bits per heavy atom. The largest absolute Gasteiger partial charge is 0.360 e. The Bertz CT molecular complexity index is 931. The highest BCUT2D eigenvalue weighted by molar-refractivity contribution is 7.80. The molecule has 0 amide bonds. The lowest BCUT2D eigenvalue weighted by molar-refractivity contribution is 0.330. The van der Waals surface area contributed by atoms with Gasteiger partial charge in [-0.05, 0) is 89.2 Å². The second-order valence-corrected chi connectivity index (χ2v) is 9.42. The molecule has 164 valence electrons. The Morgan fingerprint density at radius 3 is 2.57 bits per heavy atom. The van der Waals surface area contributed by atoms with Crippen molar-refractivity contribution < 1.29 is 0 Å². The van der Waals surface area contributed by atoms with Crippen molar-refractivity contribution in [3.8, 4) is 0 Å². The lowest BCUT2D eigenvalue weighted by Gasteiger charge is -2.31. The summed E-state index contributed by atoms with van der Waals surface area (Å²) in [6.07, 6.45) is 7.22. The van der Waals surface area contributed by atoms with Crippen LogP contribution in [0.15, 0.2) is 23.0 Å². The van der Waals surface area contributed by atoms with E-state index in [9.17, 15) is 4.79 Å². The first kappa shape index (κ1) is 22.8. The highest BCUT2D eigenvalue weighted by Crippen LogP contribution is 2.20. The second-order valence-electron chi connectivity index (χ2n) is 9.03. The number of aryl methyl sites for hydroxylation is 2. The first-order valence-electron chi connectivity index (χ1n) is 11.2. The molecule has 2 N–H and O–H groups in total. The van der Waals surface area contributed by atoms with Crippen molar-refractivity contribution in [2.75, 3.05) is 27.2 Å². The maximum absolute atomic E-state index is 12.8. The molecule has 5 nitrogen and oxygen atoms in total. The van der Waals surface area contributed by atoms with Crippen molar-refractivity contribution in [1.82, 2.24) is 20.1 Å². The van der Waals surface area contributed by atoms with Crippen LogP contribution in [-0.2, 0) is 6.54 Å². The summed E-state index contributed by atoms with van der Waals surface area (Å²) in [7, 11) is 4.17. The predicted octanol–water partition coefficient (Wildman–Crippen LogP) is 4.11. The van der Waals surface area contributed by atoms with E-state index in [1.807, 2.05) is 12.1 Å². The van der Waals surface area contributed by atoms with Crippen LogP contribution < -0.4 is 10.9 Å². The summed E-state index contributed by atoms with van der Waals surface area (Å²) < 4.78 is 0. The van der Waals surface area contributed by atoms with Gasteiger partial charge in [-0.2, -0.15) is 0 Å². The summed E-state index contributed by atoms with van der Waals surface area (Å²) in [4.78, 5) is 20.3. The molecule has 1 heterocycles. The number of rotatable bonds is 7. The number of hydrogen-bond donors (Lipinski definition) is 2. The van der Waals surface area contributed by atoms with Crippen LogP contribution in [0.25, 0.3) is 10.9 Å². The molecule has 1 fully saturated rings. The maximum atomic E-state index is 12.8. The van der Waals surface area contributed by atoms with Gasteiger partial charge >= 0.3 is 0 Å². The number of fused-ring (bicyclic) bond motifs is 1. The number of hydrogen-bond acceptors (Lipinski definition) is 3. The van der Waals surface area contributed by atoms with Crippen LogP contribution in [0.5, 0.6) is 0 Å². The van der Waals surface area contributed by atoms with E-state index in [4.69, 9.17) is 12.2 Å². The topological polar surface area (TPSA) is 51.4 Å². The summed E-state index contributed by atoms with van der Waals surface area (Å²) in [5.74, 6) is 0. The standard InChI is InChI=1S/C24H36N4OS/c1-17-13-18(2)21-15-19(23(29)26-22(21)14-17)16-28(12-8-11-27(3)4)24(30)25-20-9-6-5-7-10-20/h13-15,20H,5-12,16H2,1-4H3,(H,25,30)(H,26,29). The molecule has 0 spiro atoms. The van der Waals surface area contributed by atoms with Crippen LogP contribution in [0.2, 0.25) is 0 Å². The first-order valence-corrected chi connectivity index (χ1v) is 11.6. The molecular formula is C24H36N4OS. The monoisotopic (exact) mass is 428 g/mol. The fourth-order valence-corrected chi connectivity index (χ4v) is 4.70. The van der Waals surface area contributed by atoms with Crippen molar-refractivity contribution >= 4 is 28.2 Å². The van der Waals surface area contributed by atoms with Crippen molar-refractivity contribution in [3.63, 3.8) is 0 Å². The van der Waals surface area contributed by atoms with E-state index >= 15 is 0 Å². The molecule has 0 radical (unpaired) electrons. The minimum absolute atomic E-state index is 0.0226. The Balaban J connectivity index is 1.81. The van der Waals surface area contributed by atoms with Gasteiger partial charge in [-0.25, -0.2) is 0 Å². The van der Waals surface area contributed by atoms with Gasteiger partial charge in [-0.1, -0.05) is 25.3 Å². The summed E-state index contributed by atoms with van der Waals surface area (Å²) >= 11 is 5.81. The van der Waals surface area contributed by atoms with E-state index in [0.717, 1.165) is 46.7 Å². The zero-order valence-corrected chi connectivity index (χ0v) is 19.7. The van der Waals surface area contributed by atoms with E-state index in [1.54, 1.807) is 0 Å². The van der Waals surface area contributed by atoms with Crippen molar-refractivity contribution in [2.24, 2.45) is 0 Å². The third kappa shape index (κ3) is 6.05. The van der Waals surface area contributed by atoms with Crippen molar-refractivity contribution in [1.29, 1.82) is 0 Å². The zero-order valence-electron chi connectivity index (χ0n) is 18.9. The van der Waals surface area contributed by atoms with Crippen LogP contribution in [-0.4, -0.2) is 53.1 Å². The summed E-state index contributed by atoms with van der Waals surface area (Å²) in [6.45, 7) is 6.52. The van der Waals surface area contributed by atoms with Crippen molar-refractivity contribution in [2.45, 2.75) is 65.0 Å². The molecule has 1 aliphatic rings. The number of aromatic amines is 1. The molecule has 0 unspecified atom stereocenters. The SMILES string of the molecule is Cc1cc(C)c2cc(CN(CCCN(C)C)C(=S)NC3CCCCC3)c(=O)[nH]c2c1. The molecule has 1 aromatic carbocycles. The van der Waals surface area contributed by atoms with Gasteiger partial charge in [0.1, 0.15) is 0 Å². The van der Waals surface area contributed by atoms with Crippen LogP contribution in [0.1, 0.15) is 55.2 Å². The Hall–Kier alpha value is -1.92. The quantitative estimate of drug-likeness (QED) is 0.650. The van der Waals surface area contributed by atoms with Gasteiger partial charge in [0.25, 0.3) is 5.56 Å². The van der Waals surface area contributed by atoms with Crippen LogP contribution in [0.4, 0.5) is 0 Å². The number of aromatic nitrogens is 1. The number of benzene rings is 1. The van der Waals surface area contributed by atoms with Crippen LogP contribution >= 0.6 is 12.2 Å². The smallest absolute Gasteiger partial charge is 0.253 e. The molecule has 2 aromatic rings. The number of nitrogens with zero attached hydrogens (tertiary/aromatic N) is 2. The van der Waals surface area contributed by atoms with E-state index in [-0.39, 0.29) is 5.56 Å². The summed E-state index contributed by atoms with van der Waals surface area (Å²) in [6, 6.07) is 6.71. The fraction of sp³-hybridized carbons (Fsp3) is 0.583. The normalized spacial score (nSPS) is 15.0. The lowest BCUT2D eigenvalue weighted by Crippen LogP contribution is -2.46. The zero-order chi connectivity index (χ0) is 21.7. The summed E-state index contributed by atoms with van der Waals surface area (Å²) in [5.41, 5.74) is 4.00. The van der Waals surface area contributed by atoms with Gasteiger partial charge in [-0.15, -0.1) is 0 Å². The predicted molar refractivity (Wildman–Crippen MR) is 130 cm³/mol. The molecule has 1 aromatic heterocycles. The number of thiocarbonyl (C=S) groups is 1. The average molecular weight is 429 g/mol. The Labute approximate surface area is 185 Å². The number of H-pyrrole nitrogens is 1. The first-order chi connectivity index (χ1) is 14.3. The number of pyridine rings is 1. The van der Waals surface area contributed by atoms with E-state index in [2.05, 4.69) is 54.1 Å². The third-order valence-corrected chi connectivity index (χ3v) is 6.38. The van der Waals surface area contributed by atoms with Gasteiger partial charge in [0, 0.05) is 29.1 Å². The summed E-state index contributed by atoms with van der Waals surface area (Å²) in [5, 5.41) is 5.47. The molecule has 1 saturated carbocycles. The van der Waals surface area contributed by atoms with E-state index < -0.39 is 0 Å². The third-order valence-electron chi connectivity index (χ3n) is 6.00. The molecule has 0 atom stereocenters. The van der Waals surface area contributed by atoms with Crippen molar-refractivity contribution in [3.05, 3.63) is 45.2 Å². The maximum Gasteiger partial charge on any atom is 0.253 e. The molecule has 0 bridgehead atoms. The van der Waals surface area contributed by atoms with Gasteiger partial charge in [0.05, 0.1) is 6.54 Å². The Kier molecular flexibility index (Phi) is 7.89. The van der Waals surface area contributed by atoms with Gasteiger partial charge < -0.3 is 20.1 Å². The highest BCUT2D eigenvalue weighted by atomic mass is 32.1.